The summed E-state index contributed by atoms with van der Waals surface area (Å²) in [4.78, 5) is 19.7. The van der Waals surface area contributed by atoms with Crippen molar-refractivity contribution in [2.45, 2.75) is 29.8 Å². The SMILES string of the molecule is COc1ccc([C@@H]2C(=O)N(S(=O)(=O)c3ccc(C)cc3)[C@@H]3C(c4ccccc4)=N[C@H]2c2ccccc23)cc1. The van der Waals surface area contributed by atoms with Gasteiger partial charge in [-0.2, -0.15) is 0 Å². The average Bonchev–Trinajstić information content (AvgIpc) is 3.15. The zero-order chi connectivity index (χ0) is 26.4. The molecule has 0 aromatic heterocycles. The Hall–Kier alpha value is -4.23. The highest BCUT2D eigenvalue weighted by atomic mass is 32.2. The van der Waals surface area contributed by atoms with Crippen molar-refractivity contribution in [2.24, 2.45) is 4.99 Å². The average molecular weight is 523 g/mol. The van der Waals surface area contributed by atoms with Crippen molar-refractivity contribution >= 4 is 21.6 Å². The fraction of sp³-hybridized carbons (Fsp3) is 0.161. The normalized spacial score (nSPS) is 20.5. The maximum Gasteiger partial charge on any atom is 0.267 e. The molecule has 0 saturated heterocycles. The van der Waals surface area contributed by atoms with Crippen LogP contribution >= 0.6 is 0 Å². The molecule has 3 aliphatic rings. The van der Waals surface area contributed by atoms with E-state index in [9.17, 15) is 13.2 Å². The molecule has 2 bridgehead atoms. The molecule has 0 spiro atoms. The minimum atomic E-state index is -4.25. The molecule has 7 heteroatoms. The molecule has 0 N–H and O–H groups in total. The predicted octanol–water partition coefficient (Wildman–Crippen LogP) is 5.60. The van der Waals surface area contributed by atoms with Crippen molar-refractivity contribution in [2.75, 3.05) is 7.11 Å². The van der Waals surface area contributed by atoms with Gasteiger partial charge in [-0.25, -0.2) is 12.7 Å². The van der Waals surface area contributed by atoms with Gasteiger partial charge in [-0.1, -0.05) is 84.4 Å². The van der Waals surface area contributed by atoms with Gasteiger partial charge in [-0.05, 0) is 53.4 Å². The highest BCUT2D eigenvalue weighted by molar-refractivity contribution is 7.89. The number of hydrogen-bond acceptors (Lipinski definition) is 5. The second kappa shape index (κ2) is 9.26. The molecule has 190 valence electrons. The van der Waals surface area contributed by atoms with Gasteiger partial charge in [0.25, 0.3) is 10.0 Å². The first-order valence-corrected chi connectivity index (χ1v) is 13.8. The maximum atomic E-state index is 14.5. The van der Waals surface area contributed by atoms with Crippen LogP contribution < -0.4 is 4.74 Å². The van der Waals surface area contributed by atoms with E-state index in [4.69, 9.17) is 9.73 Å². The van der Waals surface area contributed by atoms with Crippen LogP contribution in [0, 0.1) is 6.92 Å². The smallest absolute Gasteiger partial charge is 0.267 e. The Morgan fingerprint density at radius 2 is 1.42 bits per heavy atom. The van der Waals surface area contributed by atoms with E-state index < -0.39 is 33.9 Å². The molecule has 4 aromatic rings. The van der Waals surface area contributed by atoms with Crippen LogP contribution in [-0.2, 0) is 14.8 Å². The molecule has 1 amide bonds. The van der Waals surface area contributed by atoms with Gasteiger partial charge >= 0.3 is 0 Å². The Labute approximate surface area is 222 Å². The van der Waals surface area contributed by atoms with Crippen LogP contribution in [0.15, 0.2) is 113 Å². The van der Waals surface area contributed by atoms with Crippen molar-refractivity contribution in [1.29, 1.82) is 0 Å². The van der Waals surface area contributed by atoms with Crippen molar-refractivity contribution < 1.29 is 17.9 Å². The van der Waals surface area contributed by atoms with Crippen LogP contribution in [0.1, 0.15) is 45.8 Å². The number of ether oxygens (including phenoxy) is 1. The third kappa shape index (κ3) is 3.82. The van der Waals surface area contributed by atoms with Gasteiger partial charge in [-0.3, -0.25) is 9.79 Å². The molecular formula is C31H26N2O4S. The molecule has 3 heterocycles. The van der Waals surface area contributed by atoms with E-state index in [1.165, 1.54) is 0 Å². The molecule has 3 atom stereocenters. The van der Waals surface area contributed by atoms with E-state index >= 15 is 0 Å². The lowest BCUT2D eigenvalue weighted by Gasteiger charge is -2.33. The van der Waals surface area contributed by atoms with Gasteiger partial charge in [0.1, 0.15) is 11.8 Å². The molecule has 7 rings (SSSR count). The number of aliphatic imine (C=N–C) groups is 1. The Bertz CT molecular complexity index is 1650. The lowest BCUT2D eigenvalue weighted by Crippen LogP contribution is -2.43. The number of benzene rings is 4. The first-order valence-electron chi connectivity index (χ1n) is 12.4. The summed E-state index contributed by atoms with van der Waals surface area (Å²) >= 11 is 0. The van der Waals surface area contributed by atoms with Crippen LogP contribution in [-0.4, -0.2) is 31.5 Å². The zero-order valence-electron chi connectivity index (χ0n) is 21.0. The molecule has 0 unspecified atom stereocenters. The monoisotopic (exact) mass is 522 g/mol. The van der Waals surface area contributed by atoms with E-state index in [2.05, 4.69) is 0 Å². The number of nitrogens with zero attached hydrogens (tertiary/aromatic N) is 2. The van der Waals surface area contributed by atoms with Crippen LogP contribution in [0.5, 0.6) is 5.75 Å². The predicted molar refractivity (Wildman–Crippen MR) is 146 cm³/mol. The minimum absolute atomic E-state index is 0.0696. The lowest BCUT2D eigenvalue weighted by molar-refractivity contribution is -0.128. The van der Waals surface area contributed by atoms with Gasteiger partial charge in [0.2, 0.25) is 5.91 Å². The van der Waals surface area contributed by atoms with E-state index in [0.717, 1.165) is 26.6 Å². The maximum absolute atomic E-state index is 14.5. The van der Waals surface area contributed by atoms with Gasteiger partial charge in [0.05, 0.1) is 29.7 Å². The van der Waals surface area contributed by atoms with Gasteiger partial charge in [-0.15, -0.1) is 0 Å². The Kier molecular flexibility index (Phi) is 5.88. The standard InChI is InChI=1S/C31H26N2O4S/c1-20-12-18-24(19-13-20)38(35,36)33-30-26-11-7-6-10-25(26)29(32-28(30)22-8-4-3-5-9-22)27(31(33)34)21-14-16-23(37-2)17-15-21/h3-19,27,29-30H,1-2H3/t27-,29-,30-/m0/s1. The molecule has 0 saturated carbocycles. The summed E-state index contributed by atoms with van der Waals surface area (Å²) in [6, 6.07) is 29.5. The van der Waals surface area contributed by atoms with E-state index in [1.54, 1.807) is 43.5 Å². The molecule has 6 nitrogen and oxygen atoms in total. The summed E-state index contributed by atoms with van der Waals surface area (Å²) in [5.41, 5.74) is 4.58. The fourth-order valence-electron chi connectivity index (χ4n) is 5.42. The number of carbonyl (C=O) groups is 1. The number of sulfonamides is 1. The Morgan fingerprint density at radius 1 is 0.789 bits per heavy atom. The Morgan fingerprint density at radius 3 is 2.08 bits per heavy atom. The summed E-state index contributed by atoms with van der Waals surface area (Å²) < 4.78 is 35.1. The molecule has 0 fully saturated rings. The van der Waals surface area contributed by atoms with Crippen molar-refractivity contribution in [3.8, 4) is 5.75 Å². The first-order chi connectivity index (χ1) is 18.4. The largest absolute Gasteiger partial charge is 0.497 e. The molecule has 0 radical (unpaired) electrons. The van der Waals surface area contributed by atoms with Crippen molar-refractivity contribution in [1.82, 2.24) is 4.31 Å². The number of methoxy groups -OCH3 is 1. The number of amides is 1. The minimum Gasteiger partial charge on any atom is -0.497 e. The number of hydrogen-bond donors (Lipinski definition) is 0. The number of rotatable bonds is 5. The molecule has 4 aromatic carbocycles. The number of fused-ring (bicyclic) bond motifs is 2. The van der Waals surface area contributed by atoms with Gasteiger partial charge in [0, 0.05) is 0 Å². The lowest BCUT2D eigenvalue weighted by atomic mass is 9.82. The first kappa shape index (κ1) is 24.1. The molecular weight excluding hydrogens is 496 g/mol. The quantitative estimate of drug-likeness (QED) is 0.342. The summed E-state index contributed by atoms with van der Waals surface area (Å²) in [6.45, 7) is 1.89. The third-order valence-corrected chi connectivity index (χ3v) is 9.08. The van der Waals surface area contributed by atoms with Gasteiger partial charge < -0.3 is 4.74 Å². The van der Waals surface area contributed by atoms with Crippen molar-refractivity contribution in [3.63, 3.8) is 0 Å². The Balaban J connectivity index is 1.64. The molecule has 38 heavy (non-hydrogen) atoms. The van der Waals surface area contributed by atoms with Crippen LogP contribution in [0.25, 0.3) is 0 Å². The number of aryl methyl sites for hydroxylation is 1. The van der Waals surface area contributed by atoms with E-state index in [-0.39, 0.29) is 4.90 Å². The topological polar surface area (TPSA) is 76.0 Å². The fourth-order valence-corrected chi connectivity index (χ4v) is 6.96. The van der Waals surface area contributed by atoms with Crippen LogP contribution in [0.2, 0.25) is 0 Å². The summed E-state index contributed by atoms with van der Waals surface area (Å²) in [6.07, 6.45) is 0. The number of carbonyl (C=O) groups excluding carboxylic acids is 1. The summed E-state index contributed by atoms with van der Waals surface area (Å²) in [5, 5.41) is 0. The highest BCUT2D eigenvalue weighted by Gasteiger charge is 2.52. The summed E-state index contributed by atoms with van der Waals surface area (Å²) in [7, 11) is -2.67. The summed E-state index contributed by atoms with van der Waals surface area (Å²) in [5.74, 6) is -0.692. The van der Waals surface area contributed by atoms with E-state index in [1.807, 2.05) is 73.7 Å². The molecule has 0 aliphatic carbocycles. The molecule has 3 aliphatic heterocycles. The van der Waals surface area contributed by atoms with Crippen LogP contribution in [0.3, 0.4) is 0 Å². The third-order valence-electron chi connectivity index (χ3n) is 7.30. The van der Waals surface area contributed by atoms with Gasteiger partial charge in [0.15, 0.2) is 0 Å². The van der Waals surface area contributed by atoms with Crippen LogP contribution in [0.4, 0.5) is 0 Å². The second-order valence-electron chi connectivity index (χ2n) is 9.56. The second-order valence-corrected chi connectivity index (χ2v) is 11.4. The zero-order valence-corrected chi connectivity index (χ0v) is 21.8. The highest BCUT2D eigenvalue weighted by Crippen LogP contribution is 2.51. The van der Waals surface area contributed by atoms with Crippen molar-refractivity contribution in [3.05, 3.63) is 131 Å². The van der Waals surface area contributed by atoms with E-state index in [0.29, 0.717) is 17.0 Å².